The van der Waals surface area contributed by atoms with Crippen molar-refractivity contribution in [3.05, 3.63) is 42.1 Å². The third kappa shape index (κ3) is 3.65. The van der Waals surface area contributed by atoms with E-state index in [0.717, 1.165) is 23.1 Å². The minimum atomic E-state index is -3.40. The van der Waals surface area contributed by atoms with E-state index in [0.29, 0.717) is 12.4 Å². The molecule has 0 aliphatic rings. The van der Waals surface area contributed by atoms with Crippen molar-refractivity contribution in [2.75, 3.05) is 19.0 Å². The van der Waals surface area contributed by atoms with Crippen molar-refractivity contribution in [1.29, 1.82) is 0 Å². The predicted molar refractivity (Wildman–Crippen MR) is 101 cm³/mol. The molecular weight excluding hydrogens is 352 g/mol. The van der Waals surface area contributed by atoms with Crippen LogP contribution < -0.4 is 10.1 Å². The minimum absolute atomic E-state index is 0.00164. The maximum absolute atomic E-state index is 12.1. The number of benzene rings is 1. The van der Waals surface area contributed by atoms with Gasteiger partial charge in [-0.2, -0.15) is 0 Å². The molecule has 26 heavy (non-hydrogen) atoms. The maximum atomic E-state index is 12.1. The van der Waals surface area contributed by atoms with Crippen LogP contribution in [-0.4, -0.2) is 42.5 Å². The Morgan fingerprint density at radius 1 is 1.19 bits per heavy atom. The van der Waals surface area contributed by atoms with E-state index in [1.165, 1.54) is 11.6 Å². The number of sulfone groups is 1. The van der Waals surface area contributed by atoms with Crippen molar-refractivity contribution in [3.63, 3.8) is 0 Å². The molecule has 0 spiro atoms. The molecule has 0 saturated carbocycles. The van der Waals surface area contributed by atoms with Crippen molar-refractivity contribution in [3.8, 4) is 5.75 Å². The summed E-state index contributed by atoms with van der Waals surface area (Å²) >= 11 is 0. The number of hydrogen-bond donors (Lipinski definition) is 2. The molecule has 8 heteroatoms. The van der Waals surface area contributed by atoms with Crippen LogP contribution in [-0.2, 0) is 16.3 Å². The summed E-state index contributed by atoms with van der Waals surface area (Å²) in [5.41, 5.74) is 2.22. The topological polar surface area (TPSA) is 97.0 Å². The van der Waals surface area contributed by atoms with Crippen molar-refractivity contribution < 1.29 is 13.2 Å². The van der Waals surface area contributed by atoms with Gasteiger partial charge in [0.05, 0.1) is 12.4 Å². The maximum Gasteiger partial charge on any atom is 0.199 e. The molecule has 138 valence electrons. The molecule has 0 fully saturated rings. The lowest BCUT2D eigenvalue weighted by molar-refractivity contribution is 0.415. The fourth-order valence-electron chi connectivity index (χ4n) is 2.62. The van der Waals surface area contributed by atoms with Crippen LogP contribution in [0.1, 0.15) is 19.4 Å². The lowest BCUT2D eigenvalue weighted by Gasteiger charge is -2.08. The van der Waals surface area contributed by atoms with E-state index in [-0.39, 0.29) is 5.03 Å². The molecule has 0 unspecified atom stereocenters. The summed E-state index contributed by atoms with van der Waals surface area (Å²) in [6.07, 6.45) is 2.76. The van der Waals surface area contributed by atoms with E-state index in [1.54, 1.807) is 27.0 Å². The standard InChI is InChI=1S/C18H22N4O3S/c1-12(2)26(23,24)18-7-6-17(21-22-18)19-9-8-13-11-20-16-5-4-14(25-3)10-15(13)16/h4-7,10-12,20H,8-9H2,1-3H3,(H,19,21). The second-order valence-electron chi connectivity index (χ2n) is 6.25. The average molecular weight is 374 g/mol. The van der Waals surface area contributed by atoms with Crippen LogP contribution in [0.15, 0.2) is 41.6 Å². The Morgan fingerprint density at radius 3 is 2.65 bits per heavy atom. The van der Waals surface area contributed by atoms with Crippen LogP contribution in [0.25, 0.3) is 10.9 Å². The van der Waals surface area contributed by atoms with Crippen LogP contribution in [0.2, 0.25) is 0 Å². The monoisotopic (exact) mass is 374 g/mol. The summed E-state index contributed by atoms with van der Waals surface area (Å²) in [6, 6.07) is 9.04. The molecule has 3 rings (SSSR count). The van der Waals surface area contributed by atoms with Gasteiger partial charge >= 0.3 is 0 Å². The molecule has 2 heterocycles. The summed E-state index contributed by atoms with van der Waals surface area (Å²) < 4.78 is 29.4. The Labute approximate surface area is 152 Å². The molecule has 0 aliphatic carbocycles. The molecule has 0 saturated heterocycles. The molecule has 3 aromatic rings. The number of hydrogen-bond acceptors (Lipinski definition) is 6. The Balaban J connectivity index is 1.65. The predicted octanol–water partition coefficient (Wildman–Crippen LogP) is 2.80. The molecule has 0 amide bonds. The second-order valence-corrected chi connectivity index (χ2v) is 8.70. The number of H-pyrrole nitrogens is 1. The normalized spacial score (nSPS) is 11.8. The third-order valence-corrected chi connectivity index (χ3v) is 6.27. The van der Waals surface area contributed by atoms with Gasteiger partial charge in [0.2, 0.25) is 0 Å². The number of fused-ring (bicyclic) bond motifs is 1. The van der Waals surface area contributed by atoms with Crippen LogP contribution in [0.4, 0.5) is 5.82 Å². The number of aromatic amines is 1. The Kier molecular flexibility index (Phi) is 5.13. The summed E-state index contributed by atoms with van der Waals surface area (Å²) in [5, 5.41) is 11.6. The van der Waals surface area contributed by atoms with Gasteiger partial charge in [0.15, 0.2) is 14.9 Å². The van der Waals surface area contributed by atoms with Crippen LogP contribution >= 0.6 is 0 Å². The molecule has 2 N–H and O–H groups in total. The Bertz CT molecular complexity index is 995. The molecular formula is C18H22N4O3S. The molecule has 0 atom stereocenters. The van der Waals surface area contributed by atoms with Gasteiger partial charge in [0.1, 0.15) is 11.6 Å². The third-order valence-electron chi connectivity index (χ3n) is 4.23. The highest BCUT2D eigenvalue weighted by atomic mass is 32.2. The van der Waals surface area contributed by atoms with E-state index in [2.05, 4.69) is 20.5 Å². The molecule has 1 aromatic carbocycles. The Hall–Kier alpha value is -2.61. The number of methoxy groups -OCH3 is 1. The lowest BCUT2D eigenvalue weighted by Crippen LogP contribution is -2.16. The quantitative estimate of drug-likeness (QED) is 0.660. The Morgan fingerprint density at radius 2 is 2.00 bits per heavy atom. The van der Waals surface area contributed by atoms with Gasteiger partial charge in [-0.05, 0) is 56.2 Å². The highest BCUT2D eigenvalue weighted by molar-refractivity contribution is 7.91. The highest BCUT2D eigenvalue weighted by Gasteiger charge is 2.21. The number of nitrogens with one attached hydrogen (secondary N) is 2. The zero-order valence-electron chi connectivity index (χ0n) is 15.0. The average Bonchev–Trinajstić information content (AvgIpc) is 3.04. The number of nitrogens with zero attached hydrogens (tertiary/aromatic N) is 2. The summed E-state index contributed by atoms with van der Waals surface area (Å²) in [5.74, 6) is 1.37. The smallest absolute Gasteiger partial charge is 0.199 e. The van der Waals surface area contributed by atoms with Crippen molar-refractivity contribution in [1.82, 2.24) is 15.2 Å². The summed E-state index contributed by atoms with van der Waals surface area (Å²) in [7, 11) is -1.75. The fraction of sp³-hybridized carbons (Fsp3) is 0.333. The van der Waals surface area contributed by atoms with Gasteiger partial charge < -0.3 is 15.0 Å². The largest absolute Gasteiger partial charge is 0.497 e. The van der Waals surface area contributed by atoms with E-state index in [1.807, 2.05) is 24.4 Å². The van der Waals surface area contributed by atoms with E-state index >= 15 is 0 Å². The van der Waals surface area contributed by atoms with Crippen molar-refractivity contribution in [2.24, 2.45) is 0 Å². The first-order valence-corrected chi connectivity index (χ1v) is 9.92. The number of ether oxygens (including phenoxy) is 1. The molecule has 0 aliphatic heterocycles. The molecule has 0 radical (unpaired) electrons. The molecule has 2 aromatic heterocycles. The van der Waals surface area contributed by atoms with E-state index in [4.69, 9.17) is 4.74 Å². The number of rotatable bonds is 7. The zero-order valence-corrected chi connectivity index (χ0v) is 15.8. The first-order chi connectivity index (χ1) is 12.4. The highest BCUT2D eigenvalue weighted by Crippen LogP contribution is 2.24. The zero-order chi connectivity index (χ0) is 18.7. The summed E-state index contributed by atoms with van der Waals surface area (Å²) in [4.78, 5) is 3.24. The van der Waals surface area contributed by atoms with Gasteiger partial charge in [-0.15, -0.1) is 10.2 Å². The van der Waals surface area contributed by atoms with Gasteiger partial charge in [-0.1, -0.05) is 0 Å². The lowest BCUT2D eigenvalue weighted by atomic mass is 10.1. The molecule has 7 nitrogen and oxygen atoms in total. The van der Waals surface area contributed by atoms with Crippen LogP contribution in [0.5, 0.6) is 5.75 Å². The van der Waals surface area contributed by atoms with Gasteiger partial charge in [0, 0.05) is 23.6 Å². The van der Waals surface area contributed by atoms with Crippen molar-refractivity contribution in [2.45, 2.75) is 30.5 Å². The summed E-state index contributed by atoms with van der Waals surface area (Å²) in [6.45, 7) is 3.90. The van der Waals surface area contributed by atoms with Crippen LogP contribution in [0.3, 0.4) is 0 Å². The number of aromatic nitrogens is 3. The van der Waals surface area contributed by atoms with Gasteiger partial charge in [-0.25, -0.2) is 8.42 Å². The van der Waals surface area contributed by atoms with E-state index < -0.39 is 15.1 Å². The SMILES string of the molecule is COc1ccc2[nH]cc(CCNc3ccc(S(=O)(=O)C(C)C)nn3)c2c1. The van der Waals surface area contributed by atoms with Crippen molar-refractivity contribution >= 4 is 26.6 Å². The first-order valence-electron chi connectivity index (χ1n) is 8.37. The second kappa shape index (κ2) is 7.33. The number of anilines is 1. The van der Waals surface area contributed by atoms with E-state index in [9.17, 15) is 8.42 Å². The fourth-order valence-corrected chi connectivity index (χ4v) is 3.52. The molecule has 0 bridgehead atoms. The van der Waals surface area contributed by atoms with Gasteiger partial charge in [0.25, 0.3) is 0 Å². The first kappa shape index (κ1) is 18.2. The minimum Gasteiger partial charge on any atom is -0.497 e. The van der Waals surface area contributed by atoms with Crippen LogP contribution in [0, 0.1) is 0 Å². The van der Waals surface area contributed by atoms with Gasteiger partial charge in [-0.3, -0.25) is 0 Å².